The summed E-state index contributed by atoms with van der Waals surface area (Å²) in [5, 5.41) is -0.144. The van der Waals surface area contributed by atoms with Crippen molar-refractivity contribution < 1.29 is 11.0 Å². The highest BCUT2D eigenvalue weighted by atomic mass is 32.2. The van der Waals surface area contributed by atoms with Crippen LogP contribution < -0.4 is 0 Å². The lowest BCUT2D eigenvalue weighted by molar-refractivity contribution is -0.138. The second kappa shape index (κ2) is 7.75. The molecule has 1 atom stereocenters. The lowest BCUT2D eigenvalue weighted by Gasteiger charge is -2.14. The Morgan fingerprint density at radius 2 is 2.00 bits per heavy atom. The molecule has 0 radical (unpaired) electrons. The van der Waals surface area contributed by atoms with Crippen LogP contribution in [0.2, 0.25) is 0 Å². The first-order valence-electron chi connectivity index (χ1n) is 7.07. The van der Waals surface area contributed by atoms with Gasteiger partial charge in [0, 0.05) is 14.3 Å². The molecule has 0 aromatic heterocycles. The molecule has 1 rings (SSSR count). The highest BCUT2D eigenvalue weighted by Gasteiger charge is 2.37. The zero-order valence-corrected chi connectivity index (χ0v) is 11.4. The van der Waals surface area contributed by atoms with E-state index in [9.17, 15) is 9.59 Å². The average molecular weight is 258 g/mol. The van der Waals surface area contributed by atoms with E-state index >= 15 is 0 Å². The Balaban J connectivity index is 2.12. The van der Waals surface area contributed by atoms with Crippen LogP contribution >= 0.6 is 11.8 Å². The van der Waals surface area contributed by atoms with Gasteiger partial charge in [-0.3, -0.25) is 14.5 Å². The molecule has 4 heteroatoms. The summed E-state index contributed by atoms with van der Waals surface area (Å²) in [5.41, 5.74) is 0. The van der Waals surface area contributed by atoms with E-state index in [4.69, 9.17) is 1.37 Å². The molecule has 0 spiro atoms. The fourth-order valence-electron chi connectivity index (χ4n) is 2.05. The standard InChI is InChI=1S/C13H23NO2S/c1-3-4-5-6-7-8-9-14-12(15)10-11(17-2)13(14)16/h11H,3-10H2,1-2H3/i1D. The van der Waals surface area contributed by atoms with Crippen LogP contribution in [0.5, 0.6) is 0 Å². The number of likely N-dealkylation sites (tertiary alicyclic amines) is 1. The van der Waals surface area contributed by atoms with E-state index in [1.165, 1.54) is 16.7 Å². The van der Waals surface area contributed by atoms with Gasteiger partial charge in [0.05, 0.1) is 5.25 Å². The first-order chi connectivity index (χ1) is 8.70. The number of nitrogens with zero attached hydrogens (tertiary/aromatic N) is 1. The van der Waals surface area contributed by atoms with Crippen LogP contribution in [0.3, 0.4) is 0 Å². The molecule has 0 aromatic rings. The van der Waals surface area contributed by atoms with Gasteiger partial charge in [-0.1, -0.05) is 39.0 Å². The van der Waals surface area contributed by atoms with Crippen LogP contribution in [0.25, 0.3) is 0 Å². The van der Waals surface area contributed by atoms with Gasteiger partial charge in [-0.2, -0.15) is 11.8 Å². The number of carbonyl (C=O) groups excluding carboxylic acids is 2. The Morgan fingerprint density at radius 1 is 1.29 bits per heavy atom. The van der Waals surface area contributed by atoms with Gasteiger partial charge in [-0.15, -0.1) is 0 Å². The van der Waals surface area contributed by atoms with Gasteiger partial charge < -0.3 is 0 Å². The molecule has 2 amide bonds. The lowest BCUT2D eigenvalue weighted by atomic mass is 10.1. The maximum atomic E-state index is 11.8. The van der Waals surface area contributed by atoms with Gasteiger partial charge >= 0.3 is 0 Å². The van der Waals surface area contributed by atoms with Crippen molar-refractivity contribution in [2.75, 3.05) is 12.8 Å². The molecule has 1 fully saturated rings. The minimum Gasteiger partial charge on any atom is -0.282 e. The molecule has 0 N–H and O–H groups in total. The summed E-state index contributed by atoms with van der Waals surface area (Å²) in [6.45, 7) is 1.11. The molecular formula is C13H23NO2S. The van der Waals surface area contributed by atoms with Gasteiger partial charge in [0.25, 0.3) is 0 Å². The SMILES string of the molecule is [2H]CCCCCCCCN1C(=O)CC(SC)C1=O. The number of unbranched alkanes of at least 4 members (excludes halogenated alkanes) is 5. The van der Waals surface area contributed by atoms with Crippen molar-refractivity contribution in [3.05, 3.63) is 0 Å². The molecule has 0 bridgehead atoms. The Morgan fingerprint density at radius 3 is 2.65 bits per heavy atom. The molecule has 1 aliphatic heterocycles. The molecule has 3 nitrogen and oxygen atoms in total. The van der Waals surface area contributed by atoms with Gasteiger partial charge in [0.2, 0.25) is 11.8 Å². The van der Waals surface area contributed by atoms with E-state index in [-0.39, 0.29) is 17.1 Å². The van der Waals surface area contributed by atoms with Crippen molar-refractivity contribution in [3.8, 4) is 0 Å². The molecule has 0 aliphatic carbocycles. The largest absolute Gasteiger partial charge is 0.282 e. The van der Waals surface area contributed by atoms with Gasteiger partial charge in [0.1, 0.15) is 0 Å². The molecule has 0 saturated carbocycles. The third kappa shape index (κ3) is 4.34. The smallest absolute Gasteiger partial charge is 0.242 e. The fourth-order valence-corrected chi connectivity index (χ4v) is 2.69. The second-order valence-electron chi connectivity index (χ2n) is 4.43. The van der Waals surface area contributed by atoms with E-state index < -0.39 is 0 Å². The van der Waals surface area contributed by atoms with Crippen molar-refractivity contribution in [2.24, 2.45) is 0 Å². The quantitative estimate of drug-likeness (QED) is 0.496. The zero-order valence-electron chi connectivity index (χ0n) is 11.6. The van der Waals surface area contributed by atoms with Crippen LogP contribution in [0, 0.1) is 0 Å². The molecule has 1 aliphatic rings. The highest BCUT2D eigenvalue weighted by Crippen LogP contribution is 2.23. The first kappa shape index (κ1) is 12.9. The van der Waals surface area contributed by atoms with Crippen molar-refractivity contribution in [2.45, 2.75) is 57.1 Å². The van der Waals surface area contributed by atoms with E-state index in [1.54, 1.807) is 0 Å². The Kier molecular flexibility index (Phi) is 5.89. The molecule has 1 heterocycles. The maximum Gasteiger partial charge on any atom is 0.242 e. The predicted molar refractivity (Wildman–Crippen MR) is 72.0 cm³/mol. The maximum absolute atomic E-state index is 11.8. The number of hydrogen-bond acceptors (Lipinski definition) is 3. The third-order valence-electron chi connectivity index (χ3n) is 3.12. The molecule has 17 heavy (non-hydrogen) atoms. The van der Waals surface area contributed by atoms with Crippen LogP contribution in [-0.2, 0) is 9.59 Å². The summed E-state index contributed by atoms with van der Waals surface area (Å²) < 4.78 is 7.03. The summed E-state index contributed by atoms with van der Waals surface area (Å²) in [6.07, 6.45) is 8.65. The van der Waals surface area contributed by atoms with Crippen LogP contribution in [0.4, 0.5) is 0 Å². The van der Waals surface area contributed by atoms with E-state index in [0.29, 0.717) is 19.9 Å². The van der Waals surface area contributed by atoms with Crippen LogP contribution in [0.1, 0.15) is 53.2 Å². The number of carbonyl (C=O) groups is 2. The van der Waals surface area contributed by atoms with Gasteiger partial charge in [-0.25, -0.2) is 0 Å². The second-order valence-corrected chi connectivity index (χ2v) is 5.47. The predicted octanol–water partition coefficient (Wildman–Crippen LogP) is 2.84. The van der Waals surface area contributed by atoms with Gasteiger partial charge in [-0.05, 0) is 12.7 Å². The van der Waals surface area contributed by atoms with E-state index in [1.807, 2.05) is 6.26 Å². The number of imide groups is 1. The Bertz CT molecular complexity index is 286. The number of thioether (sulfide) groups is 1. The minimum absolute atomic E-state index is 0.00158. The number of rotatable bonds is 8. The van der Waals surface area contributed by atoms with Crippen molar-refractivity contribution in [1.29, 1.82) is 0 Å². The topological polar surface area (TPSA) is 37.4 Å². The van der Waals surface area contributed by atoms with Crippen LogP contribution in [-0.4, -0.2) is 34.8 Å². The number of hydrogen-bond donors (Lipinski definition) is 0. The Hall–Kier alpha value is -0.510. The Labute approximate surface area is 110 Å². The molecule has 1 unspecified atom stereocenters. The molecule has 98 valence electrons. The third-order valence-corrected chi connectivity index (χ3v) is 4.06. The summed E-state index contributed by atoms with van der Waals surface area (Å²) in [6, 6.07) is 0. The number of amides is 2. The normalized spacial score (nSPS) is 21.1. The first-order valence-corrected chi connectivity index (χ1v) is 7.65. The summed E-state index contributed by atoms with van der Waals surface area (Å²) in [5.74, 6) is -0.00439. The zero-order chi connectivity index (χ0) is 13.4. The van der Waals surface area contributed by atoms with Crippen molar-refractivity contribution in [1.82, 2.24) is 4.90 Å². The van der Waals surface area contributed by atoms with Gasteiger partial charge in [0.15, 0.2) is 0 Å². The monoisotopic (exact) mass is 258 g/mol. The minimum atomic E-state index is -0.144. The average Bonchev–Trinajstić information content (AvgIpc) is 2.64. The molecule has 0 aromatic carbocycles. The summed E-state index contributed by atoms with van der Waals surface area (Å²) in [7, 11) is 0. The molecular weight excluding hydrogens is 234 g/mol. The summed E-state index contributed by atoms with van der Waals surface area (Å²) >= 11 is 1.47. The fraction of sp³-hybridized carbons (Fsp3) is 0.846. The van der Waals surface area contributed by atoms with Crippen molar-refractivity contribution >= 4 is 23.6 Å². The van der Waals surface area contributed by atoms with Crippen LogP contribution in [0.15, 0.2) is 0 Å². The van der Waals surface area contributed by atoms with E-state index in [0.717, 1.165) is 38.5 Å². The summed E-state index contributed by atoms with van der Waals surface area (Å²) in [4.78, 5) is 24.9. The van der Waals surface area contributed by atoms with Crippen molar-refractivity contribution in [3.63, 3.8) is 0 Å². The lowest BCUT2D eigenvalue weighted by Crippen LogP contribution is -2.32. The highest BCUT2D eigenvalue weighted by molar-refractivity contribution is 8.00. The van der Waals surface area contributed by atoms with E-state index in [2.05, 4.69) is 0 Å². The molecule has 1 saturated heterocycles.